The van der Waals surface area contributed by atoms with Gasteiger partial charge in [-0.05, 0) is 73.2 Å². The molecule has 2 aliphatic heterocycles. The summed E-state index contributed by atoms with van der Waals surface area (Å²) >= 11 is 12.6. The number of esters is 1. The Kier molecular flexibility index (Phi) is 14.7. The molecule has 1 aromatic carbocycles. The Morgan fingerprint density at radius 1 is 0.923 bits per heavy atom. The molecule has 5 aromatic rings. The van der Waals surface area contributed by atoms with Crippen LogP contribution in [-0.4, -0.2) is 114 Å². The number of aliphatic hydroxyl groups is 2. The van der Waals surface area contributed by atoms with Crippen LogP contribution in [0.4, 0.5) is 20.4 Å². The first-order valence-corrected chi connectivity index (χ1v) is 23.3. The summed E-state index contributed by atoms with van der Waals surface area (Å²) in [4.78, 5) is 41.2. The highest BCUT2D eigenvalue weighted by Gasteiger charge is 2.50. The first-order valence-electron chi connectivity index (χ1n) is 21.0. The van der Waals surface area contributed by atoms with Gasteiger partial charge in [-0.15, -0.1) is 4.99 Å². The number of benzene rings is 1. The van der Waals surface area contributed by atoms with Gasteiger partial charge in [0, 0.05) is 18.4 Å². The number of fused-ring (bicyclic) bond motifs is 2. The zero-order valence-electron chi connectivity index (χ0n) is 35.2. The van der Waals surface area contributed by atoms with E-state index in [4.69, 9.17) is 56.3 Å². The van der Waals surface area contributed by atoms with Gasteiger partial charge < -0.3 is 43.4 Å². The van der Waals surface area contributed by atoms with Gasteiger partial charge in [-0.2, -0.15) is 20.0 Å². The first kappa shape index (κ1) is 47.2. The third-order valence-electron chi connectivity index (χ3n) is 11.3. The van der Waals surface area contributed by atoms with Gasteiger partial charge in [-0.1, -0.05) is 44.9 Å². The average molecular weight is 971 g/mol. The summed E-state index contributed by atoms with van der Waals surface area (Å²) < 4.78 is 78.4. The van der Waals surface area contributed by atoms with Crippen LogP contribution < -0.4 is 20.4 Å². The molecule has 8 rings (SSSR count). The van der Waals surface area contributed by atoms with Gasteiger partial charge in [0.15, 0.2) is 36.7 Å². The molecule has 352 valence electrons. The number of aliphatic hydroxyl groups excluding tert-OH is 2. The minimum Gasteiger partial charge on any atom is -0.464 e. The van der Waals surface area contributed by atoms with Crippen molar-refractivity contribution >= 4 is 70.6 Å². The molecule has 5 N–H and O–H groups in total. The smallest absolute Gasteiger partial charge is 0.459 e. The van der Waals surface area contributed by atoms with Gasteiger partial charge in [0.05, 0.1) is 30.6 Å². The Balaban J connectivity index is 1.05. The standard InChI is InChI=1S/C40H48Cl2F2N9O11P/c1-4-21(5-2)18-58-38(56)20(3)51-65(57,63-23-9-7-6-8-10-23)59-19-27-31(29(44)37(61-27)53-15-13-24-32(45-22-11-12-22)46-39(41)48-34(24)53)62-64-50-33-25-14-16-52(35(25)49-40(42)47-33)36-28(43)30(55)26(17-54)60-36/h6-10,13-16,20-22,26-31,36-37,54-55H,4-5,11-12,17-19H2,1-3H3,(H,51,57)(H,45,46,48)(H,47,49,50)/t20-,26+,27+,28?,29?,30?,31?,36+,37+,65?/m0/s1. The van der Waals surface area contributed by atoms with E-state index in [-0.39, 0.29) is 57.4 Å². The third-order valence-corrected chi connectivity index (χ3v) is 13.3. The molecule has 0 radical (unpaired) electrons. The fourth-order valence-corrected chi connectivity index (χ4v) is 9.25. The maximum Gasteiger partial charge on any atom is 0.459 e. The van der Waals surface area contributed by atoms with E-state index in [2.05, 4.69) is 35.8 Å². The lowest BCUT2D eigenvalue weighted by Crippen LogP contribution is -2.38. The number of hydrogen-bond acceptors (Lipinski definition) is 17. The van der Waals surface area contributed by atoms with Gasteiger partial charge in [-0.3, -0.25) is 9.32 Å². The van der Waals surface area contributed by atoms with E-state index in [0.29, 0.717) is 11.2 Å². The van der Waals surface area contributed by atoms with E-state index in [1.54, 1.807) is 30.5 Å². The van der Waals surface area contributed by atoms with Crippen LogP contribution in [0.3, 0.4) is 0 Å². The summed E-state index contributed by atoms with van der Waals surface area (Å²) in [5, 5.41) is 26.1. The van der Waals surface area contributed by atoms with Crippen molar-refractivity contribution in [1.29, 1.82) is 0 Å². The van der Waals surface area contributed by atoms with Crippen molar-refractivity contribution in [3.05, 3.63) is 65.4 Å². The Hall–Kier alpha value is -4.32. The van der Waals surface area contributed by atoms with Crippen molar-refractivity contribution in [2.24, 2.45) is 5.92 Å². The molecule has 6 heterocycles. The molecule has 1 aliphatic carbocycles. The number of alkyl halides is 2. The highest BCUT2D eigenvalue weighted by Crippen LogP contribution is 2.47. The molecule has 3 fully saturated rings. The largest absolute Gasteiger partial charge is 0.464 e. The minimum absolute atomic E-state index is 0.0550. The monoisotopic (exact) mass is 969 g/mol. The normalized spacial score (nSPS) is 25.9. The van der Waals surface area contributed by atoms with Crippen molar-refractivity contribution in [1.82, 2.24) is 34.2 Å². The maximum atomic E-state index is 17.0. The fraction of sp³-hybridized carbons (Fsp3) is 0.525. The van der Waals surface area contributed by atoms with E-state index in [1.807, 2.05) is 13.8 Å². The van der Waals surface area contributed by atoms with E-state index in [9.17, 15) is 19.6 Å². The molecular formula is C40H48Cl2F2N9O11P. The SMILES string of the molecule is CCC(CC)COC(=O)[C@H](C)NP(=O)(OC[C@H]1O[C@@H](n2ccc3c(NC4CC4)nc(Cl)nc32)C(F)C1OONc1nc(Cl)nc2c1ccn2[C@@H]1O[C@H](CO)C(O)C1F)Oc1ccccc1. The topological polar surface area (TPSA) is 237 Å². The summed E-state index contributed by atoms with van der Waals surface area (Å²) in [5.41, 5.74) is 2.77. The summed E-state index contributed by atoms with van der Waals surface area (Å²) in [6.07, 6.45) is -6.20. The zero-order valence-corrected chi connectivity index (χ0v) is 37.6. The summed E-state index contributed by atoms with van der Waals surface area (Å²) in [6.45, 7) is 4.30. The second-order valence-electron chi connectivity index (χ2n) is 15.8. The Labute approximate surface area is 380 Å². The van der Waals surface area contributed by atoms with Crippen molar-refractivity contribution in [3.8, 4) is 5.75 Å². The van der Waals surface area contributed by atoms with Gasteiger partial charge in [0.1, 0.15) is 47.2 Å². The van der Waals surface area contributed by atoms with Gasteiger partial charge >= 0.3 is 13.7 Å². The number of anilines is 2. The summed E-state index contributed by atoms with van der Waals surface area (Å²) in [6, 6.07) is 10.3. The molecule has 0 spiro atoms. The fourth-order valence-electron chi connectivity index (χ4n) is 7.42. The van der Waals surface area contributed by atoms with Crippen LogP contribution in [0.1, 0.15) is 58.9 Å². The number of aromatic nitrogens is 6. The predicted octanol–water partition coefficient (Wildman–Crippen LogP) is 6.39. The number of carbonyl (C=O) groups excluding carboxylic acids is 1. The lowest BCUT2D eigenvalue weighted by atomic mass is 10.1. The second-order valence-corrected chi connectivity index (χ2v) is 18.2. The van der Waals surface area contributed by atoms with Crippen molar-refractivity contribution in [2.45, 2.75) is 108 Å². The van der Waals surface area contributed by atoms with Gasteiger partial charge in [0.2, 0.25) is 10.6 Å². The Morgan fingerprint density at radius 2 is 1.54 bits per heavy atom. The van der Waals surface area contributed by atoms with E-state index in [0.717, 1.165) is 25.7 Å². The first-order chi connectivity index (χ1) is 31.3. The highest BCUT2D eigenvalue weighted by atomic mass is 35.5. The molecule has 3 aliphatic rings. The number of rotatable bonds is 21. The lowest BCUT2D eigenvalue weighted by Gasteiger charge is -2.25. The molecule has 2 saturated heterocycles. The molecule has 0 amide bonds. The van der Waals surface area contributed by atoms with E-state index >= 15 is 8.78 Å². The predicted molar refractivity (Wildman–Crippen MR) is 230 cm³/mol. The van der Waals surface area contributed by atoms with Crippen LogP contribution in [0.2, 0.25) is 10.6 Å². The summed E-state index contributed by atoms with van der Waals surface area (Å²) in [5.74, 6) is -0.0673. The van der Waals surface area contributed by atoms with Gasteiger partial charge in [0.25, 0.3) is 0 Å². The highest BCUT2D eigenvalue weighted by molar-refractivity contribution is 7.52. The number of carbonyl (C=O) groups is 1. The molecule has 1 saturated carbocycles. The molecule has 4 aromatic heterocycles. The maximum absolute atomic E-state index is 17.0. The quantitative estimate of drug-likeness (QED) is 0.0176. The molecule has 0 bridgehead atoms. The molecule has 25 heteroatoms. The number of nitrogens with one attached hydrogen (secondary N) is 3. The van der Waals surface area contributed by atoms with Crippen molar-refractivity contribution < 1.29 is 61.5 Å². The molecule has 65 heavy (non-hydrogen) atoms. The van der Waals surface area contributed by atoms with Crippen molar-refractivity contribution in [3.63, 3.8) is 0 Å². The number of ether oxygens (including phenoxy) is 3. The van der Waals surface area contributed by atoms with E-state index in [1.165, 1.54) is 40.5 Å². The average Bonchev–Trinajstić information content (AvgIpc) is 3.55. The van der Waals surface area contributed by atoms with Crippen LogP contribution >= 0.6 is 30.9 Å². The molecular weight excluding hydrogens is 922 g/mol. The zero-order chi connectivity index (χ0) is 46.0. The minimum atomic E-state index is -4.50. The summed E-state index contributed by atoms with van der Waals surface area (Å²) in [7, 11) is -4.50. The van der Waals surface area contributed by atoms with Gasteiger partial charge in [-0.25, -0.2) is 28.7 Å². The molecule has 20 nitrogen and oxygen atoms in total. The van der Waals surface area contributed by atoms with Crippen LogP contribution in [0.25, 0.3) is 22.1 Å². The molecule has 5 unspecified atom stereocenters. The Bertz CT molecular complexity index is 2490. The van der Waals surface area contributed by atoms with Crippen LogP contribution in [-0.2, 0) is 38.0 Å². The third kappa shape index (κ3) is 10.5. The number of nitrogens with zero attached hydrogens (tertiary/aromatic N) is 6. The van der Waals surface area contributed by atoms with Crippen LogP contribution in [0.15, 0.2) is 54.9 Å². The number of para-hydroxylation sites is 1. The van der Waals surface area contributed by atoms with Crippen LogP contribution in [0.5, 0.6) is 5.75 Å². The van der Waals surface area contributed by atoms with Crippen molar-refractivity contribution in [2.75, 3.05) is 30.6 Å². The number of halogens is 4. The van der Waals surface area contributed by atoms with E-state index < -0.39 is 82.2 Å². The second kappa shape index (κ2) is 20.3. The van der Waals surface area contributed by atoms with Crippen LogP contribution in [0, 0.1) is 5.92 Å². The lowest BCUT2D eigenvalue weighted by molar-refractivity contribution is -0.319. The number of hydrogen-bond donors (Lipinski definition) is 5. The Morgan fingerprint density at radius 3 is 2.15 bits per heavy atom. The molecule has 10 atom stereocenters.